The predicted molar refractivity (Wildman–Crippen MR) is 134 cm³/mol. The van der Waals surface area contributed by atoms with E-state index < -0.39 is 28.5 Å². The van der Waals surface area contributed by atoms with Crippen molar-refractivity contribution >= 4 is 62.3 Å². The van der Waals surface area contributed by atoms with Gasteiger partial charge < -0.3 is 10.2 Å². The number of hydrogen-bond acceptors (Lipinski definition) is 4. The number of nitrogens with one attached hydrogen (secondary N) is 1. The minimum atomic E-state index is -3.92. The minimum Gasteiger partial charge on any atom is -0.357 e. The van der Waals surface area contributed by atoms with Crippen LogP contribution in [0.25, 0.3) is 0 Å². The molecule has 180 valence electrons. The van der Waals surface area contributed by atoms with Gasteiger partial charge in [-0.05, 0) is 30.5 Å². The molecule has 0 aliphatic carbocycles. The zero-order chi connectivity index (χ0) is 24.8. The Morgan fingerprint density at radius 3 is 2.18 bits per heavy atom. The van der Waals surface area contributed by atoms with Gasteiger partial charge in [-0.25, -0.2) is 8.42 Å². The number of benzene rings is 2. The van der Waals surface area contributed by atoms with Crippen LogP contribution in [-0.4, -0.2) is 57.6 Å². The van der Waals surface area contributed by atoms with Crippen molar-refractivity contribution in [1.82, 2.24) is 10.2 Å². The second-order valence-corrected chi connectivity index (χ2v) is 10.5. The van der Waals surface area contributed by atoms with Crippen LogP contribution in [0.1, 0.15) is 18.9 Å². The zero-order valence-corrected chi connectivity index (χ0v) is 21.6. The number of sulfonamides is 1. The summed E-state index contributed by atoms with van der Waals surface area (Å²) >= 11 is 18.3. The van der Waals surface area contributed by atoms with Crippen LogP contribution in [0.3, 0.4) is 0 Å². The SMILES string of the molecule is CCC(C(=O)NC)N(CCc1ccccc1)C(=O)CN(c1cc(Cl)c(Cl)cc1Cl)S(C)(=O)=O. The van der Waals surface area contributed by atoms with Crippen molar-refractivity contribution in [3.63, 3.8) is 0 Å². The topological polar surface area (TPSA) is 86.8 Å². The summed E-state index contributed by atoms with van der Waals surface area (Å²) < 4.78 is 26.0. The molecule has 0 saturated carbocycles. The lowest BCUT2D eigenvalue weighted by Crippen LogP contribution is -2.52. The van der Waals surface area contributed by atoms with Gasteiger partial charge >= 0.3 is 0 Å². The zero-order valence-electron chi connectivity index (χ0n) is 18.5. The van der Waals surface area contributed by atoms with E-state index in [-0.39, 0.29) is 33.2 Å². The van der Waals surface area contributed by atoms with Gasteiger partial charge in [0.05, 0.1) is 27.0 Å². The first-order chi connectivity index (χ1) is 15.5. The first-order valence-corrected chi connectivity index (χ1v) is 13.1. The van der Waals surface area contributed by atoms with E-state index in [1.165, 1.54) is 24.1 Å². The molecule has 1 atom stereocenters. The standard InChI is InChI=1S/C22H26Cl3N3O4S/c1-4-19(22(30)26-2)27(11-10-15-8-6-5-7-9-15)21(29)14-28(33(3,31)32)20-13-17(24)16(23)12-18(20)25/h5-9,12-13,19H,4,10-11,14H2,1-3H3,(H,26,30). The molecular formula is C22H26Cl3N3O4S. The number of nitrogens with zero attached hydrogens (tertiary/aromatic N) is 2. The van der Waals surface area contributed by atoms with Gasteiger partial charge in [-0.15, -0.1) is 0 Å². The first kappa shape index (κ1) is 27.2. The van der Waals surface area contributed by atoms with E-state index in [0.29, 0.717) is 12.8 Å². The molecule has 0 radical (unpaired) electrons. The predicted octanol–water partition coefficient (Wildman–Crippen LogP) is 4.01. The molecule has 33 heavy (non-hydrogen) atoms. The molecule has 0 aromatic heterocycles. The average molecular weight is 535 g/mol. The number of amides is 2. The molecule has 2 aromatic rings. The number of anilines is 1. The first-order valence-electron chi connectivity index (χ1n) is 10.2. The van der Waals surface area contributed by atoms with Crippen molar-refractivity contribution < 1.29 is 18.0 Å². The fraction of sp³-hybridized carbons (Fsp3) is 0.364. The van der Waals surface area contributed by atoms with E-state index in [9.17, 15) is 18.0 Å². The van der Waals surface area contributed by atoms with Crippen LogP contribution in [0.4, 0.5) is 5.69 Å². The van der Waals surface area contributed by atoms with Crippen LogP contribution in [0, 0.1) is 0 Å². The van der Waals surface area contributed by atoms with Gasteiger partial charge in [0.25, 0.3) is 0 Å². The van der Waals surface area contributed by atoms with Crippen LogP contribution >= 0.6 is 34.8 Å². The second-order valence-electron chi connectivity index (χ2n) is 7.35. The number of hydrogen-bond donors (Lipinski definition) is 1. The summed E-state index contributed by atoms with van der Waals surface area (Å²) in [6.45, 7) is 1.45. The van der Waals surface area contributed by atoms with Gasteiger partial charge in [0.1, 0.15) is 12.6 Å². The minimum absolute atomic E-state index is 0.0248. The summed E-state index contributed by atoms with van der Waals surface area (Å²) in [6.07, 6.45) is 1.81. The molecule has 0 aliphatic heterocycles. The highest BCUT2D eigenvalue weighted by molar-refractivity contribution is 7.92. The number of carbonyl (C=O) groups is 2. The van der Waals surface area contributed by atoms with E-state index in [0.717, 1.165) is 16.1 Å². The number of halogens is 3. The Hall–Kier alpha value is -2.00. The second kappa shape index (κ2) is 11.9. The Kier molecular flexibility index (Phi) is 9.84. The van der Waals surface area contributed by atoms with Gasteiger partial charge in [0.2, 0.25) is 21.8 Å². The molecule has 2 aromatic carbocycles. The van der Waals surface area contributed by atoms with Gasteiger partial charge in [-0.3, -0.25) is 13.9 Å². The normalized spacial score (nSPS) is 12.2. The van der Waals surface area contributed by atoms with E-state index in [1.54, 1.807) is 6.92 Å². The molecule has 0 bridgehead atoms. The Labute approximate surface area is 209 Å². The lowest BCUT2D eigenvalue weighted by Gasteiger charge is -2.32. The summed E-state index contributed by atoms with van der Waals surface area (Å²) in [5.41, 5.74) is 1.01. The molecule has 2 amide bonds. The van der Waals surface area contributed by atoms with Gasteiger partial charge in [0.15, 0.2) is 0 Å². The molecule has 11 heteroatoms. The van der Waals surface area contributed by atoms with Crippen molar-refractivity contribution in [1.29, 1.82) is 0 Å². The smallest absolute Gasteiger partial charge is 0.244 e. The van der Waals surface area contributed by atoms with Gasteiger partial charge in [-0.2, -0.15) is 0 Å². The van der Waals surface area contributed by atoms with Crippen LogP contribution in [0.2, 0.25) is 15.1 Å². The van der Waals surface area contributed by atoms with Gasteiger partial charge in [0, 0.05) is 13.6 Å². The van der Waals surface area contributed by atoms with Crippen molar-refractivity contribution in [3.05, 3.63) is 63.1 Å². The molecule has 1 N–H and O–H groups in total. The van der Waals surface area contributed by atoms with E-state index in [4.69, 9.17) is 34.8 Å². The molecule has 0 aliphatic rings. The highest BCUT2D eigenvalue weighted by atomic mass is 35.5. The third-order valence-corrected chi connectivity index (χ3v) is 7.21. The fourth-order valence-corrected chi connectivity index (χ4v) is 4.91. The van der Waals surface area contributed by atoms with Crippen LogP contribution in [-0.2, 0) is 26.0 Å². The summed E-state index contributed by atoms with van der Waals surface area (Å²) in [6, 6.07) is 11.3. The quantitative estimate of drug-likeness (QED) is 0.467. The van der Waals surface area contributed by atoms with E-state index in [1.807, 2.05) is 30.3 Å². The maximum atomic E-state index is 13.4. The summed E-state index contributed by atoms with van der Waals surface area (Å²) in [4.78, 5) is 27.3. The summed E-state index contributed by atoms with van der Waals surface area (Å²) in [5, 5.41) is 2.84. The lowest BCUT2D eigenvalue weighted by atomic mass is 10.1. The van der Waals surface area contributed by atoms with E-state index >= 15 is 0 Å². The van der Waals surface area contributed by atoms with Crippen LogP contribution < -0.4 is 9.62 Å². The van der Waals surface area contributed by atoms with Crippen LogP contribution in [0.15, 0.2) is 42.5 Å². The maximum absolute atomic E-state index is 13.4. The van der Waals surface area contributed by atoms with Crippen molar-refractivity contribution in [2.75, 3.05) is 30.7 Å². The third kappa shape index (κ3) is 7.24. The lowest BCUT2D eigenvalue weighted by molar-refractivity contribution is -0.139. The molecule has 0 saturated heterocycles. The number of rotatable bonds is 10. The van der Waals surface area contributed by atoms with Gasteiger partial charge in [-0.1, -0.05) is 72.1 Å². The summed E-state index contributed by atoms with van der Waals surface area (Å²) in [5.74, 6) is -0.883. The molecule has 0 spiro atoms. The monoisotopic (exact) mass is 533 g/mol. The third-order valence-electron chi connectivity index (χ3n) is 5.05. The molecule has 7 nitrogen and oxygen atoms in total. The molecular weight excluding hydrogens is 509 g/mol. The van der Waals surface area contributed by atoms with E-state index in [2.05, 4.69) is 5.32 Å². The van der Waals surface area contributed by atoms with Crippen molar-refractivity contribution in [3.8, 4) is 0 Å². The van der Waals surface area contributed by atoms with Crippen LogP contribution in [0.5, 0.6) is 0 Å². The van der Waals surface area contributed by atoms with Crippen molar-refractivity contribution in [2.45, 2.75) is 25.8 Å². The highest BCUT2D eigenvalue weighted by Crippen LogP contribution is 2.35. The number of carbonyl (C=O) groups excluding carboxylic acids is 2. The Morgan fingerprint density at radius 1 is 1.03 bits per heavy atom. The molecule has 2 rings (SSSR count). The Morgan fingerprint density at radius 2 is 1.64 bits per heavy atom. The highest BCUT2D eigenvalue weighted by Gasteiger charge is 2.31. The maximum Gasteiger partial charge on any atom is 0.244 e. The number of likely N-dealkylation sites (N-methyl/N-ethyl adjacent to an activating group) is 1. The summed E-state index contributed by atoms with van der Waals surface area (Å²) in [7, 11) is -2.44. The average Bonchev–Trinajstić information content (AvgIpc) is 2.77. The Balaban J connectivity index is 2.41. The molecule has 0 heterocycles. The Bertz CT molecular complexity index is 1100. The molecule has 0 fully saturated rings. The van der Waals surface area contributed by atoms with Crippen molar-refractivity contribution in [2.24, 2.45) is 0 Å². The fourth-order valence-electron chi connectivity index (χ4n) is 3.36. The molecule has 1 unspecified atom stereocenters. The largest absolute Gasteiger partial charge is 0.357 e.